The van der Waals surface area contributed by atoms with Crippen LogP contribution in [-0.2, 0) is 11.2 Å². The van der Waals surface area contributed by atoms with E-state index in [1.165, 1.54) is 0 Å². The summed E-state index contributed by atoms with van der Waals surface area (Å²) >= 11 is 3.43. The first kappa shape index (κ1) is 19.1. The van der Waals surface area contributed by atoms with Crippen LogP contribution in [0.4, 0.5) is 0 Å². The molecule has 5 heteroatoms. The molecule has 0 aromatic heterocycles. The lowest BCUT2D eigenvalue weighted by atomic mass is 10.1. The molecule has 0 aliphatic carbocycles. The maximum absolute atomic E-state index is 11.7. The number of benzene rings is 3. The molecular formula is C22H21BrN2O2. The standard InChI is InChI=1S/C22H21BrN2O2/c23-18-7-4-8-20(15-18)27-19-11-9-16(10-12-19)13-14-25-21(22(24)26)17-5-2-1-3-6-17/h1-12,15,21,25H,13-14H2,(H2,24,26). The first-order valence-electron chi connectivity index (χ1n) is 8.72. The van der Waals surface area contributed by atoms with Crippen LogP contribution in [0.2, 0.25) is 0 Å². The summed E-state index contributed by atoms with van der Waals surface area (Å²) in [6, 6.07) is 24.7. The molecule has 0 heterocycles. The third-order valence-electron chi connectivity index (χ3n) is 4.13. The monoisotopic (exact) mass is 424 g/mol. The number of primary amides is 1. The second kappa shape index (κ2) is 9.35. The highest BCUT2D eigenvalue weighted by Gasteiger charge is 2.16. The first-order chi connectivity index (χ1) is 13.1. The van der Waals surface area contributed by atoms with Gasteiger partial charge in [0, 0.05) is 11.0 Å². The number of amides is 1. The molecule has 27 heavy (non-hydrogen) atoms. The molecule has 0 bridgehead atoms. The van der Waals surface area contributed by atoms with Crippen LogP contribution in [0, 0.1) is 0 Å². The van der Waals surface area contributed by atoms with E-state index in [-0.39, 0.29) is 5.91 Å². The van der Waals surface area contributed by atoms with Crippen LogP contribution in [0.3, 0.4) is 0 Å². The minimum Gasteiger partial charge on any atom is -0.457 e. The van der Waals surface area contributed by atoms with Crippen LogP contribution in [0.5, 0.6) is 11.5 Å². The Balaban J connectivity index is 1.54. The fourth-order valence-electron chi connectivity index (χ4n) is 2.78. The largest absolute Gasteiger partial charge is 0.457 e. The molecule has 0 saturated heterocycles. The predicted octanol–water partition coefficient (Wildman–Crippen LogP) is 4.60. The summed E-state index contributed by atoms with van der Waals surface area (Å²) < 4.78 is 6.82. The zero-order valence-electron chi connectivity index (χ0n) is 14.8. The fraction of sp³-hybridized carbons (Fsp3) is 0.136. The number of rotatable bonds is 8. The molecule has 4 nitrogen and oxygen atoms in total. The topological polar surface area (TPSA) is 64.4 Å². The van der Waals surface area contributed by atoms with E-state index in [4.69, 9.17) is 10.5 Å². The van der Waals surface area contributed by atoms with Gasteiger partial charge in [0.1, 0.15) is 17.5 Å². The Kier molecular flexibility index (Phi) is 6.63. The van der Waals surface area contributed by atoms with Gasteiger partial charge in [-0.15, -0.1) is 0 Å². The summed E-state index contributed by atoms with van der Waals surface area (Å²) in [5.74, 6) is 1.19. The lowest BCUT2D eigenvalue weighted by Gasteiger charge is -2.16. The molecule has 0 fully saturated rings. The van der Waals surface area contributed by atoms with E-state index in [1.807, 2.05) is 78.9 Å². The highest BCUT2D eigenvalue weighted by Crippen LogP contribution is 2.24. The number of hydrogen-bond donors (Lipinski definition) is 2. The van der Waals surface area contributed by atoms with Gasteiger partial charge in [0.05, 0.1) is 0 Å². The predicted molar refractivity (Wildman–Crippen MR) is 111 cm³/mol. The number of halogens is 1. The molecule has 0 aliphatic rings. The van der Waals surface area contributed by atoms with Crippen molar-refractivity contribution in [1.82, 2.24) is 5.32 Å². The van der Waals surface area contributed by atoms with E-state index < -0.39 is 6.04 Å². The van der Waals surface area contributed by atoms with Gasteiger partial charge in [0.2, 0.25) is 5.91 Å². The van der Waals surface area contributed by atoms with E-state index in [2.05, 4.69) is 21.2 Å². The maximum Gasteiger partial charge on any atom is 0.239 e. The molecular weight excluding hydrogens is 404 g/mol. The average Bonchev–Trinajstić information content (AvgIpc) is 2.67. The van der Waals surface area contributed by atoms with Crippen molar-refractivity contribution in [3.63, 3.8) is 0 Å². The first-order valence-corrected chi connectivity index (χ1v) is 9.51. The molecule has 1 atom stereocenters. The van der Waals surface area contributed by atoms with Crippen LogP contribution in [0.25, 0.3) is 0 Å². The Morgan fingerprint density at radius 3 is 2.37 bits per heavy atom. The van der Waals surface area contributed by atoms with Crippen LogP contribution in [-0.4, -0.2) is 12.5 Å². The summed E-state index contributed by atoms with van der Waals surface area (Å²) in [6.45, 7) is 0.647. The second-order valence-corrected chi connectivity index (χ2v) is 7.07. The van der Waals surface area contributed by atoms with Crippen molar-refractivity contribution in [2.75, 3.05) is 6.54 Å². The van der Waals surface area contributed by atoms with Crippen molar-refractivity contribution in [2.45, 2.75) is 12.5 Å². The minimum atomic E-state index is -0.481. The number of ether oxygens (including phenoxy) is 1. The van der Waals surface area contributed by atoms with Crippen molar-refractivity contribution in [2.24, 2.45) is 5.73 Å². The van der Waals surface area contributed by atoms with Crippen LogP contribution >= 0.6 is 15.9 Å². The van der Waals surface area contributed by atoms with Crippen molar-refractivity contribution < 1.29 is 9.53 Å². The molecule has 3 N–H and O–H groups in total. The molecule has 0 spiro atoms. The van der Waals surface area contributed by atoms with E-state index in [0.29, 0.717) is 6.54 Å². The average molecular weight is 425 g/mol. The summed E-state index contributed by atoms with van der Waals surface area (Å²) in [5.41, 5.74) is 7.56. The van der Waals surface area contributed by atoms with Crippen LogP contribution < -0.4 is 15.8 Å². The Labute approximate surface area is 167 Å². The van der Waals surface area contributed by atoms with Gasteiger partial charge in [-0.2, -0.15) is 0 Å². The number of carbonyl (C=O) groups excluding carboxylic acids is 1. The smallest absolute Gasteiger partial charge is 0.239 e. The molecule has 1 amide bonds. The van der Waals surface area contributed by atoms with Gasteiger partial charge < -0.3 is 15.8 Å². The Morgan fingerprint density at radius 1 is 0.963 bits per heavy atom. The SMILES string of the molecule is NC(=O)C(NCCc1ccc(Oc2cccc(Br)c2)cc1)c1ccccc1. The van der Waals surface area contributed by atoms with Gasteiger partial charge >= 0.3 is 0 Å². The molecule has 3 rings (SSSR count). The Morgan fingerprint density at radius 2 is 1.70 bits per heavy atom. The Bertz CT molecular complexity index is 882. The Hall–Kier alpha value is -2.63. The van der Waals surface area contributed by atoms with Gasteiger partial charge in [0.15, 0.2) is 0 Å². The third-order valence-corrected chi connectivity index (χ3v) is 4.63. The molecule has 3 aromatic carbocycles. The number of nitrogens with one attached hydrogen (secondary N) is 1. The van der Waals surface area contributed by atoms with Gasteiger partial charge in [-0.1, -0.05) is 64.5 Å². The van der Waals surface area contributed by atoms with Crippen molar-refractivity contribution >= 4 is 21.8 Å². The molecule has 0 aliphatic heterocycles. The quantitative estimate of drug-likeness (QED) is 0.555. The second-order valence-electron chi connectivity index (χ2n) is 6.15. The zero-order chi connectivity index (χ0) is 19.1. The van der Waals surface area contributed by atoms with Gasteiger partial charge in [-0.3, -0.25) is 4.79 Å². The number of nitrogens with two attached hydrogens (primary N) is 1. The van der Waals surface area contributed by atoms with E-state index in [9.17, 15) is 4.79 Å². The minimum absolute atomic E-state index is 0.376. The van der Waals surface area contributed by atoms with E-state index >= 15 is 0 Å². The summed E-state index contributed by atoms with van der Waals surface area (Å²) in [5, 5.41) is 3.23. The highest BCUT2D eigenvalue weighted by molar-refractivity contribution is 9.10. The lowest BCUT2D eigenvalue weighted by Crippen LogP contribution is -2.34. The van der Waals surface area contributed by atoms with Gasteiger partial charge in [-0.05, 0) is 47.9 Å². The van der Waals surface area contributed by atoms with Crippen LogP contribution in [0.15, 0.2) is 83.3 Å². The third kappa shape index (κ3) is 5.67. The molecule has 0 saturated carbocycles. The maximum atomic E-state index is 11.7. The molecule has 138 valence electrons. The van der Waals surface area contributed by atoms with Gasteiger partial charge in [-0.25, -0.2) is 0 Å². The van der Waals surface area contributed by atoms with Gasteiger partial charge in [0.25, 0.3) is 0 Å². The van der Waals surface area contributed by atoms with E-state index in [0.717, 1.165) is 33.5 Å². The molecule has 0 radical (unpaired) electrons. The van der Waals surface area contributed by atoms with E-state index in [1.54, 1.807) is 0 Å². The highest BCUT2D eigenvalue weighted by atomic mass is 79.9. The molecule has 1 unspecified atom stereocenters. The fourth-order valence-corrected chi connectivity index (χ4v) is 3.16. The summed E-state index contributed by atoms with van der Waals surface area (Å²) in [6.07, 6.45) is 0.785. The zero-order valence-corrected chi connectivity index (χ0v) is 16.4. The summed E-state index contributed by atoms with van der Waals surface area (Å²) in [7, 11) is 0. The van der Waals surface area contributed by atoms with Crippen molar-refractivity contribution in [3.05, 3.63) is 94.5 Å². The number of hydrogen-bond acceptors (Lipinski definition) is 3. The normalized spacial score (nSPS) is 11.7. The number of carbonyl (C=O) groups is 1. The molecule has 3 aromatic rings. The van der Waals surface area contributed by atoms with Crippen molar-refractivity contribution in [3.8, 4) is 11.5 Å². The van der Waals surface area contributed by atoms with Crippen LogP contribution in [0.1, 0.15) is 17.2 Å². The lowest BCUT2D eigenvalue weighted by molar-refractivity contribution is -0.120. The summed E-state index contributed by atoms with van der Waals surface area (Å²) in [4.78, 5) is 11.7. The van der Waals surface area contributed by atoms with Crippen molar-refractivity contribution in [1.29, 1.82) is 0 Å².